The SMILES string of the molecule is CCCc1cc(=O)[nH]c(SCC(=O)NC(=O)N[C@@H]2CCCC[C@H]2C)n1. The maximum atomic E-state index is 11.9. The van der Waals surface area contributed by atoms with E-state index < -0.39 is 11.9 Å². The normalized spacial score (nSPS) is 20.1. The molecule has 138 valence electrons. The number of urea groups is 1. The highest BCUT2D eigenvalue weighted by Gasteiger charge is 2.23. The van der Waals surface area contributed by atoms with Crippen LogP contribution in [-0.4, -0.2) is 33.7 Å². The Bertz CT molecular complexity index is 662. The molecule has 7 nitrogen and oxygen atoms in total. The van der Waals surface area contributed by atoms with Crippen molar-refractivity contribution in [2.24, 2.45) is 5.92 Å². The van der Waals surface area contributed by atoms with E-state index in [1.165, 1.54) is 12.5 Å². The van der Waals surface area contributed by atoms with Crippen molar-refractivity contribution in [2.75, 3.05) is 5.75 Å². The predicted molar refractivity (Wildman–Crippen MR) is 97.7 cm³/mol. The molecule has 1 saturated carbocycles. The molecule has 0 unspecified atom stereocenters. The quantitative estimate of drug-likeness (QED) is 0.529. The van der Waals surface area contributed by atoms with Crippen LogP contribution in [-0.2, 0) is 11.2 Å². The Balaban J connectivity index is 1.80. The first-order valence-electron chi connectivity index (χ1n) is 8.81. The van der Waals surface area contributed by atoms with Gasteiger partial charge in [-0.1, -0.05) is 44.9 Å². The van der Waals surface area contributed by atoms with E-state index in [4.69, 9.17) is 0 Å². The first-order valence-corrected chi connectivity index (χ1v) is 9.80. The predicted octanol–water partition coefficient (Wildman–Crippen LogP) is 2.22. The first kappa shape index (κ1) is 19.5. The number of amides is 3. The van der Waals surface area contributed by atoms with Gasteiger partial charge in [0.05, 0.1) is 5.75 Å². The van der Waals surface area contributed by atoms with Crippen molar-refractivity contribution in [2.45, 2.75) is 63.6 Å². The van der Waals surface area contributed by atoms with E-state index in [0.717, 1.165) is 37.4 Å². The van der Waals surface area contributed by atoms with Gasteiger partial charge < -0.3 is 10.3 Å². The number of imide groups is 1. The lowest BCUT2D eigenvalue weighted by atomic mass is 9.86. The van der Waals surface area contributed by atoms with Crippen LogP contribution in [0.5, 0.6) is 0 Å². The van der Waals surface area contributed by atoms with Crippen molar-refractivity contribution >= 4 is 23.7 Å². The van der Waals surface area contributed by atoms with Crippen molar-refractivity contribution in [1.82, 2.24) is 20.6 Å². The smallest absolute Gasteiger partial charge is 0.321 e. The Hall–Kier alpha value is -1.83. The summed E-state index contributed by atoms with van der Waals surface area (Å²) in [5.41, 5.74) is 0.476. The summed E-state index contributed by atoms with van der Waals surface area (Å²) < 4.78 is 0. The maximum absolute atomic E-state index is 11.9. The summed E-state index contributed by atoms with van der Waals surface area (Å²) in [4.78, 5) is 42.4. The van der Waals surface area contributed by atoms with Crippen molar-refractivity contribution in [1.29, 1.82) is 0 Å². The van der Waals surface area contributed by atoms with Gasteiger partial charge >= 0.3 is 6.03 Å². The number of aromatic amines is 1. The van der Waals surface area contributed by atoms with Crippen LogP contribution in [0.3, 0.4) is 0 Å². The molecule has 1 aliphatic carbocycles. The van der Waals surface area contributed by atoms with Crippen LogP contribution in [0.4, 0.5) is 4.79 Å². The Morgan fingerprint density at radius 2 is 2.12 bits per heavy atom. The number of aromatic nitrogens is 2. The number of thioether (sulfide) groups is 1. The van der Waals surface area contributed by atoms with Gasteiger partial charge in [-0.2, -0.15) is 0 Å². The van der Waals surface area contributed by atoms with Gasteiger partial charge in [0.2, 0.25) is 5.91 Å². The summed E-state index contributed by atoms with van der Waals surface area (Å²) in [5, 5.41) is 5.62. The molecule has 1 heterocycles. The number of H-pyrrole nitrogens is 1. The minimum Gasteiger partial charge on any atom is -0.335 e. The van der Waals surface area contributed by atoms with E-state index in [1.54, 1.807) is 0 Å². The number of nitrogens with one attached hydrogen (secondary N) is 3. The van der Waals surface area contributed by atoms with Crippen LogP contribution in [0.1, 0.15) is 51.6 Å². The van der Waals surface area contributed by atoms with Crippen LogP contribution in [0.25, 0.3) is 0 Å². The van der Waals surface area contributed by atoms with Crippen LogP contribution in [0.15, 0.2) is 16.0 Å². The molecule has 2 rings (SSSR count). The van der Waals surface area contributed by atoms with Gasteiger partial charge in [0.25, 0.3) is 5.56 Å². The number of rotatable bonds is 6. The summed E-state index contributed by atoms with van der Waals surface area (Å²) in [6, 6.07) is 1.13. The second kappa shape index (κ2) is 9.60. The average Bonchev–Trinajstić information content (AvgIpc) is 2.55. The highest BCUT2D eigenvalue weighted by Crippen LogP contribution is 2.23. The molecule has 8 heteroatoms. The molecule has 2 atom stereocenters. The fourth-order valence-electron chi connectivity index (χ4n) is 2.97. The van der Waals surface area contributed by atoms with Gasteiger partial charge in [-0.3, -0.25) is 14.9 Å². The first-order chi connectivity index (χ1) is 12.0. The monoisotopic (exact) mass is 366 g/mol. The zero-order valence-electron chi connectivity index (χ0n) is 14.8. The Kier molecular flexibility index (Phi) is 7.49. The third-order valence-corrected chi connectivity index (χ3v) is 5.17. The average molecular weight is 366 g/mol. The molecular weight excluding hydrogens is 340 g/mol. The van der Waals surface area contributed by atoms with E-state index in [9.17, 15) is 14.4 Å². The van der Waals surface area contributed by atoms with Crippen LogP contribution < -0.4 is 16.2 Å². The zero-order valence-corrected chi connectivity index (χ0v) is 15.6. The van der Waals surface area contributed by atoms with Crippen molar-refractivity contribution in [3.8, 4) is 0 Å². The van der Waals surface area contributed by atoms with Crippen molar-refractivity contribution in [3.63, 3.8) is 0 Å². The molecular formula is C17H26N4O3S. The summed E-state index contributed by atoms with van der Waals surface area (Å²) in [7, 11) is 0. The van der Waals surface area contributed by atoms with E-state index in [-0.39, 0.29) is 17.4 Å². The number of hydrogen-bond acceptors (Lipinski definition) is 5. The third kappa shape index (κ3) is 6.53. The molecule has 1 aromatic rings. The summed E-state index contributed by atoms with van der Waals surface area (Å²) >= 11 is 1.11. The summed E-state index contributed by atoms with van der Waals surface area (Å²) in [6.07, 6.45) is 5.95. The fraction of sp³-hybridized carbons (Fsp3) is 0.647. The molecule has 3 N–H and O–H groups in total. The molecule has 1 aliphatic rings. The Morgan fingerprint density at radius 1 is 1.36 bits per heavy atom. The van der Waals surface area contributed by atoms with Crippen LogP contribution >= 0.6 is 11.8 Å². The molecule has 25 heavy (non-hydrogen) atoms. The molecule has 0 saturated heterocycles. The van der Waals surface area contributed by atoms with E-state index in [0.29, 0.717) is 23.2 Å². The number of nitrogens with zero attached hydrogens (tertiary/aromatic N) is 1. The number of carbonyl (C=O) groups is 2. The highest BCUT2D eigenvalue weighted by atomic mass is 32.2. The van der Waals surface area contributed by atoms with Crippen LogP contribution in [0.2, 0.25) is 0 Å². The molecule has 1 fully saturated rings. The lowest BCUT2D eigenvalue weighted by Crippen LogP contribution is -2.48. The number of aryl methyl sites for hydroxylation is 1. The maximum Gasteiger partial charge on any atom is 0.321 e. The largest absolute Gasteiger partial charge is 0.335 e. The number of hydrogen-bond donors (Lipinski definition) is 3. The van der Waals surface area contributed by atoms with E-state index in [1.807, 2.05) is 6.92 Å². The molecule has 0 radical (unpaired) electrons. The standard InChI is InChI=1S/C17H26N4O3S/c1-3-6-12-9-14(22)21-17(18-12)25-10-15(23)20-16(24)19-13-8-5-4-7-11(13)2/h9,11,13H,3-8,10H2,1-2H3,(H,18,21,22)(H2,19,20,23,24)/t11-,13-/m1/s1. The molecule has 3 amide bonds. The minimum absolute atomic E-state index is 0.0200. The van der Waals surface area contributed by atoms with Gasteiger partial charge in [0, 0.05) is 17.8 Å². The lowest BCUT2D eigenvalue weighted by molar-refractivity contribution is -0.117. The summed E-state index contributed by atoms with van der Waals surface area (Å²) in [5.74, 6) is 0.0423. The fourth-order valence-corrected chi connectivity index (χ4v) is 3.66. The van der Waals surface area contributed by atoms with E-state index >= 15 is 0 Å². The van der Waals surface area contributed by atoms with Gasteiger partial charge in [0.1, 0.15) is 0 Å². The van der Waals surface area contributed by atoms with Crippen molar-refractivity contribution < 1.29 is 9.59 Å². The lowest BCUT2D eigenvalue weighted by Gasteiger charge is -2.29. The molecule has 0 bridgehead atoms. The number of carbonyl (C=O) groups excluding carboxylic acids is 2. The van der Waals surface area contributed by atoms with Gasteiger partial charge in [-0.05, 0) is 25.2 Å². The van der Waals surface area contributed by atoms with Gasteiger partial charge in [0.15, 0.2) is 5.16 Å². The van der Waals surface area contributed by atoms with Crippen molar-refractivity contribution in [3.05, 3.63) is 22.1 Å². The topological polar surface area (TPSA) is 104 Å². The second-order valence-electron chi connectivity index (χ2n) is 6.47. The zero-order chi connectivity index (χ0) is 18.2. The van der Waals surface area contributed by atoms with Crippen LogP contribution in [0, 0.1) is 5.92 Å². The molecule has 0 aromatic carbocycles. The van der Waals surface area contributed by atoms with Gasteiger partial charge in [-0.15, -0.1) is 0 Å². The Morgan fingerprint density at radius 3 is 2.84 bits per heavy atom. The minimum atomic E-state index is -0.453. The molecule has 0 aliphatic heterocycles. The second-order valence-corrected chi connectivity index (χ2v) is 7.43. The third-order valence-electron chi connectivity index (χ3n) is 4.30. The summed E-state index contributed by atoms with van der Waals surface area (Å²) in [6.45, 7) is 4.13. The molecule has 1 aromatic heterocycles. The van der Waals surface area contributed by atoms with Gasteiger partial charge in [-0.25, -0.2) is 9.78 Å². The highest BCUT2D eigenvalue weighted by molar-refractivity contribution is 7.99. The Labute approximate surface area is 151 Å². The molecule has 0 spiro atoms. The van der Waals surface area contributed by atoms with E-state index in [2.05, 4.69) is 27.5 Å².